The average Bonchev–Trinajstić information content (AvgIpc) is 3.17. The van der Waals surface area contributed by atoms with Gasteiger partial charge in [0.15, 0.2) is 11.6 Å². The molecule has 0 bridgehead atoms. The van der Waals surface area contributed by atoms with Gasteiger partial charge in [-0.3, -0.25) is 0 Å². The molecule has 30 heavy (non-hydrogen) atoms. The van der Waals surface area contributed by atoms with E-state index in [1.54, 1.807) is 0 Å². The van der Waals surface area contributed by atoms with E-state index in [2.05, 4.69) is 39.2 Å². The Morgan fingerprint density at radius 1 is 0.600 bits per heavy atom. The van der Waals surface area contributed by atoms with Crippen molar-refractivity contribution in [3.8, 4) is 22.8 Å². The number of benzene rings is 4. The van der Waals surface area contributed by atoms with Crippen LogP contribution in [0.15, 0.2) is 89.3 Å². The van der Waals surface area contributed by atoms with Crippen molar-refractivity contribution >= 4 is 44.3 Å². The molecule has 2 aromatic heterocycles. The van der Waals surface area contributed by atoms with E-state index < -0.39 is 0 Å². The molecule has 142 valence electrons. The number of halogens is 1. The number of hydrogen-bond acceptors (Lipinski definition) is 4. The summed E-state index contributed by atoms with van der Waals surface area (Å²) in [5, 5.41) is 4.71. The largest absolute Gasteiger partial charge is 0.456 e. The van der Waals surface area contributed by atoms with Gasteiger partial charge in [-0.15, -0.1) is 0 Å². The van der Waals surface area contributed by atoms with Gasteiger partial charge >= 0.3 is 0 Å². The second-order valence-corrected chi connectivity index (χ2v) is 7.43. The molecule has 0 aliphatic heterocycles. The first-order valence-electron chi connectivity index (χ1n) is 9.58. The summed E-state index contributed by atoms with van der Waals surface area (Å²) in [6.07, 6.45) is 0. The molecule has 0 aliphatic rings. The van der Waals surface area contributed by atoms with Gasteiger partial charge in [-0.1, -0.05) is 66.7 Å². The monoisotopic (exact) mass is 407 g/mol. The van der Waals surface area contributed by atoms with Gasteiger partial charge in [-0.25, -0.2) is 4.98 Å². The van der Waals surface area contributed by atoms with E-state index >= 15 is 0 Å². The Balaban J connectivity index is 1.55. The number of hydrogen-bond donors (Lipinski definition) is 0. The van der Waals surface area contributed by atoms with Gasteiger partial charge in [0, 0.05) is 21.9 Å². The summed E-state index contributed by atoms with van der Waals surface area (Å²) in [6, 6.07) is 28.2. The van der Waals surface area contributed by atoms with Gasteiger partial charge in [0.25, 0.3) is 0 Å². The van der Waals surface area contributed by atoms with Crippen LogP contribution in [0.3, 0.4) is 0 Å². The predicted octanol–water partition coefficient (Wildman–Crippen LogP) is 6.91. The maximum Gasteiger partial charge on any atom is 0.226 e. The van der Waals surface area contributed by atoms with E-state index in [1.807, 2.05) is 60.7 Å². The third-order valence-electron chi connectivity index (χ3n) is 5.26. The molecule has 0 saturated carbocycles. The van der Waals surface area contributed by atoms with Crippen LogP contribution in [0.1, 0.15) is 0 Å². The molecule has 0 amide bonds. The van der Waals surface area contributed by atoms with Crippen LogP contribution in [0.4, 0.5) is 0 Å². The van der Waals surface area contributed by atoms with E-state index in [9.17, 15) is 0 Å². The molecule has 4 aromatic carbocycles. The van der Waals surface area contributed by atoms with Crippen LogP contribution in [0.2, 0.25) is 5.28 Å². The van der Waals surface area contributed by atoms with Crippen LogP contribution in [0.25, 0.3) is 55.5 Å². The number of furan rings is 1. The highest BCUT2D eigenvalue weighted by molar-refractivity contribution is 6.28. The van der Waals surface area contributed by atoms with E-state index in [0.29, 0.717) is 11.6 Å². The fraction of sp³-hybridized carbons (Fsp3) is 0. The predicted molar refractivity (Wildman–Crippen MR) is 120 cm³/mol. The van der Waals surface area contributed by atoms with Crippen molar-refractivity contribution in [1.82, 2.24) is 15.0 Å². The Hall–Kier alpha value is -3.76. The van der Waals surface area contributed by atoms with Crippen LogP contribution in [-0.2, 0) is 0 Å². The van der Waals surface area contributed by atoms with Crippen molar-refractivity contribution < 1.29 is 4.42 Å². The van der Waals surface area contributed by atoms with Crippen molar-refractivity contribution in [3.05, 3.63) is 90.2 Å². The lowest BCUT2D eigenvalue weighted by molar-refractivity contribution is 0.669. The molecule has 0 saturated heterocycles. The molecule has 0 radical (unpaired) electrons. The van der Waals surface area contributed by atoms with Gasteiger partial charge in [0.05, 0.1) is 0 Å². The number of aromatic nitrogens is 3. The van der Waals surface area contributed by atoms with Gasteiger partial charge in [0.1, 0.15) is 11.2 Å². The van der Waals surface area contributed by atoms with Crippen LogP contribution in [0.5, 0.6) is 0 Å². The van der Waals surface area contributed by atoms with Gasteiger partial charge < -0.3 is 4.42 Å². The molecule has 2 heterocycles. The summed E-state index contributed by atoms with van der Waals surface area (Å²) in [5.74, 6) is 1.06. The van der Waals surface area contributed by atoms with Crippen molar-refractivity contribution in [1.29, 1.82) is 0 Å². The minimum Gasteiger partial charge on any atom is -0.456 e. The standard InChI is InChI=1S/C25H14ClN3O/c26-25-28-23(16-7-2-1-3-8-16)27-24(29-25)17-10-12-19-21(14-17)30-20-13-11-15-6-4-5-9-18(15)22(19)20/h1-14H. The topological polar surface area (TPSA) is 51.8 Å². The summed E-state index contributed by atoms with van der Waals surface area (Å²) in [5.41, 5.74) is 3.36. The van der Waals surface area contributed by atoms with Crippen LogP contribution in [-0.4, -0.2) is 15.0 Å². The molecule has 5 heteroatoms. The Labute approximate surface area is 176 Å². The highest BCUT2D eigenvalue weighted by atomic mass is 35.5. The fourth-order valence-corrected chi connectivity index (χ4v) is 4.04. The number of nitrogens with zero attached hydrogens (tertiary/aromatic N) is 3. The highest BCUT2D eigenvalue weighted by Crippen LogP contribution is 2.36. The van der Waals surface area contributed by atoms with Crippen LogP contribution < -0.4 is 0 Å². The zero-order valence-electron chi connectivity index (χ0n) is 15.7. The molecule has 0 atom stereocenters. The number of rotatable bonds is 2. The maximum atomic E-state index is 6.21. The molecule has 6 aromatic rings. The fourth-order valence-electron chi connectivity index (χ4n) is 3.88. The molecule has 0 fully saturated rings. The molecule has 0 spiro atoms. The summed E-state index contributed by atoms with van der Waals surface area (Å²) >= 11 is 6.21. The Kier molecular flexibility index (Phi) is 3.79. The smallest absolute Gasteiger partial charge is 0.226 e. The van der Waals surface area contributed by atoms with Crippen molar-refractivity contribution in [2.24, 2.45) is 0 Å². The third kappa shape index (κ3) is 2.73. The van der Waals surface area contributed by atoms with E-state index in [1.165, 1.54) is 10.8 Å². The van der Waals surface area contributed by atoms with Crippen molar-refractivity contribution in [3.63, 3.8) is 0 Å². The Morgan fingerprint density at radius 3 is 2.23 bits per heavy atom. The normalized spacial score (nSPS) is 11.5. The number of fused-ring (bicyclic) bond motifs is 5. The van der Waals surface area contributed by atoms with E-state index in [4.69, 9.17) is 16.0 Å². The Morgan fingerprint density at radius 2 is 1.37 bits per heavy atom. The van der Waals surface area contributed by atoms with E-state index in [-0.39, 0.29) is 5.28 Å². The minimum absolute atomic E-state index is 0.162. The van der Waals surface area contributed by atoms with Crippen LogP contribution in [0, 0.1) is 0 Å². The molecule has 0 aliphatic carbocycles. The molecule has 0 N–H and O–H groups in total. The lowest BCUT2D eigenvalue weighted by Crippen LogP contribution is -1.97. The quantitative estimate of drug-likeness (QED) is 0.313. The lowest BCUT2D eigenvalue weighted by atomic mass is 10.0. The SMILES string of the molecule is Clc1nc(-c2ccccc2)nc(-c2ccc3c(c2)oc2ccc4ccccc4c23)n1. The maximum absolute atomic E-state index is 6.21. The second-order valence-electron chi connectivity index (χ2n) is 7.09. The summed E-state index contributed by atoms with van der Waals surface area (Å²) in [7, 11) is 0. The second kappa shape index (κ2) is 6.65. The summed E-state index contributed by atoms with van der Waals surface area (Å²) in [6.45, 7) is 0. The van der Waals surface area contributed by atoms with Crippen LogP contribution >= 0.6 is 11.6 Å². The first-order valence-corrected chi connectivity index (χ1v) is 9.95. The zero-order valence-corrected chi connectivity index (χ0v) is 16.5. The van der Waals surface area contributed by atoms with Crippen molar-refractivity contribution in [2.45, 2.75) is 0 Å². The first kappa shape index (κ1) is 17.1. The minimum atomic E-state index is 0.162. The third-order valence-corrected chi connectivity index (χ3v) is 5.43. The van der Waals surface area contributed by atoms with Crippen molar-refractivity contribution in [2.75, 3.05) is 0 Å². The summed E-state index contributed by atoms with van der Waals surface area (Å²) < 4.78 is 6.16. The average molecular weight is 408 g/mol. The summed E-state index contributed by atoms with van der Waals surface area (Å²) in [4.78, 5) is 13.3. The molecular weight excluding hydrogens is 394 g/mol. The molecule has 0 unspecified atom stereocenters. The highest BCUT2D eigenvalue weighted by Gasteiger charge is 2.14. The van der Waals surface area contributed by atoms with Gasteiger partial charge in [-0.05, 0) is 40.6 Å². The van der Waals surface area contributed by atoms with Gasteiger partial charge in [0.2, 0.25) is 5.28 Å². The van der Waals surface area contributed by atoms with Gasteiger partial charge in [-0.2, -0.15) is 9.97 Å². The zero-order chi connectivity index (χ0) is 20.1. The molecule has 6 rings (SSSR count). The van der Waals surface area contributed by atoms with E-state index in [0.717, 1.165) is 33.1 Å². The Bertz CT molecular complexity index is 1560. The molecular formula is C25H14ClN3O. The first-order chi connectivity index (χ1) is 14.8. The molecule has 4 nitrogen and oxygen atoms in total. The lowest BCUT2D eigenvalue weighted by Gasteiger charge is -2.05.